The first-order valence-electron chi connectivity index (χ1n) is 8.08. The molecule has 0 spiro atoms. The number of nitrogens with one attached hydrogen (secondary N) is 2. The molecule has 23 heavy (non-hydrogen) atoms. The van der Waals surface area contributed by atoms with Crippen molar-refractivity contribution < 1.29 is 13.2 Å². The first-order chi connectivity index (χ1) is 11.0. The fourth-order valence-corrected chi connectivity index (χ4v) is 3.59. The number of urea groups is 1. The Bertz CT molecular complexity index is 620. The van der Waals surface area contributed by atoms with Gasteiger partial charge < -0.3 is 15.5 Å². The molecule has 2 N–H and O–H groups in total. The van der Waals surface area contributed by atoms with Gasteiger partial charge in [-0.3, -0.25) is 0 Å². The van der Waals surface area contributed by atoms with E-state index < -0.39 is 9.84 Å². The predicted molar refractivity (Wildman–Crippen MR) is 91.6 cm³/mol. The highest BCUT2D eigenvalue weighted by atomic mass is 32.2. The van der Waals surface area contributed by atoms with Crippen molar-refractivity contribution in [3.05, 3.63) is 24.3 Å². The van der Waals surface area contributed by atoms with Crippen molar-refractivity contribution in [3.8, 4) is 0 Å². The standard InChI is InChI=1S/C16H25N3O3S/c1-3-17-16(20)18-13-9-11-19(12-10-13)14-5-7-15(8-6-14)23(21,22)4-2/h5-8,13H,3-4,9-12H2,1-2H3,(H2,17,18,20). The molecule has 0 radical (unpaired) electrons. The van der Waals surface area contributed by atoms with Gasteiger partial charge in [0.05, 0.1) is 10.6 Å². The molecule has 1 heterocycles. The first kappa shape index (κ1) is 17.6. The van der Waals surface area contributed by atoms with E-state index in [0.717, 1.165) is 31.6 Å². The summed E-state index contributed by atoms with van der Waals surface area (Å²) in [5, 5.41) is 5.71. The maximum Gasteiger partial charge on any atom is 0.314 e. The monoisotopic (exact) mass is 339 g/mol. The van der Waals surface area contributed by atoms with E-state index in [1.54, 1.807) is 19.1 Å². The summed E-state index contributed by atoms with van der Waals surface area (Å²) in [4.78, 5) is 14.1. The average Bonchev–Trinajstić information content (AvgIpc) is 2.56. The van der Waals surface area contributed by atoms with Crippen molar-refractivity contribution >= 4 is 21.6 Å². The van der Waals surface area contributed by atoms with Crippen molar-refractivity contribution in [2.24, 2.45) is 0 Å². The summed E-state index contributed by atoms with van der Waals surface area (Å²) in [6, 6.07) is 7.15. The van der Waals surface area contributed by atoms with Crippen LogP contribution in [-0.2, 0) is 9.84 Å². The van der Waals surface area contributed by atoms with Gasteiger partial charge in [-0.25, -0.2) is 13.2 Å². The number of hydrogen-bond acceptors (Lipinski definition) is 4. The van der Waals surface area contributed by atoms with Crippen LogP contribution in [0.2, 0.25) is 0 Å². The van der Waals surface area contributed by atoms with Gasteiger partial charge in [0.2, 0.25) is 0 Å². The second-order valence-corrected chi connectivity index (χ2v) is 7.94. The van der Waals surface area contributed by atoms with Crippen LogP contribution in [0.25, 0.3) is 0 Å². The van der Waals surface area contributed by atoms with Crippen LogP contribution in [0.3, 0.4) is 0 Å². The van der Waals surface area contributed by atoms with Crippen molar-refractivity contribution in [2.45, 2.75) is 37.6 Å². The summed E-state index contributed by atoms with van der Waals surface area (Å²) < 4.78 is 23.7. The molecule has 2 amide bonds. The molecule has 0 aliphatic carbocycles. The first-order valence-corrected chi connectivity index (χ1v) is 9.73. The number of carbonyl (C=O) groups excluding carboxylic acids is 1. The van der Waals surface area contributed by atoms with Crippen LogP contribution in [0.1, 0.15) is 26.7 Å². The SMILES string of the molecule is CCNC(=O)NC1CCN(c2ccc(S(=O)(=O)CC)cc2)CC1. The third kappa shape index (κ3) is 4.60. The molecule has 0 unspecified atom stereocenters. The molecule has 7 heteroatoms. The van der Waals surface area contributed by atoms with Crippen molar-refractivity contribution in [2.75, 3.05) is 30.3 Å². The number of hydrogen-bond donors (Lipinski definition) is 2. The zero-order chi connectivity index (χ0) is 16.9. The van der Waals surface area contributed by atoms with Gasteiger partial charge in [-0.2, -0.15) is 0 Å². The number of anilines is 1. The summed E-state index contributed by atoms with van der Waals surface area (Å²) >= 11 is 0. The summed E-state index contributed by atoms with van der Waals surface area (Å²) in [6.45, 7) is 5.85. The molecule has 1 aromatic rings. The number of rotatable bonds is 5. The molecule has 1 aliphatic heterocycles. The number of carbonyl (C=O) groups is 1. The number of piperidine rings is 1. The predicted octanol–water partition coefficient (Wildman–Crippen LogP) is 1.77. The van der Waals surface area contributed by atoms with E-state index in [9.17, 15) is 13.2 Å². The molecule has 2 rings (SSSR count). The average molecular weight is 339 g/mol. The maximum absolute atomic E-state index is 11.8. The highest BCUT2D eigenvalue weighted by Crippen LogP contribution is 2.22. The molecule has 0 atom stereocenters. The molecular formula is C16H25N3O3S. The Morgan fingerprint density at radius 3 is 2.30 bits per heavy atom. The highest BCUT2D eigenvalue weighted by molar-refractivity contribution is 7.91. The molecule has 6 nitrogen and oxygen atoms in total. The Hall–Kier alpha value is -1.76. The fraction of sp³-hybridized carbons (Fsp3) is 0.562. The molecular weight excluding hydrogens is 314 g/mol. The van der Waals surface area contributed by atoms with E-state index in [2.05, 4.69) is 15.5 Å². The van der Waals surface area contributed by atoms with Crippen LogP contribution in [0, 0.1) is 0 Å². The van der Waals surface area contributed by atoms with Gasteiger partial charge in [0.15, 0.2) is 9.84 Å². The van der Waals surface area contributed by atoms with Crippen molar-refractivity contribution in [1.82, 2.24) is 10.6 Å². The number of sulfone groups is 1. The van der Waals surface area contributed by atoms with E-state index >= 15 is 0 Å². The number of amides is 2. The van der Waals surface area contributed by atoms with Gasteiger partial charge in [0, 0.05) is 31.4 Å². The van der Waals surface area contributed by atoms with E-state index in [1.165, 1.54) is 0 Å². The minimum absolute atomic E-state index is 0.111. The number of benzene rings is 1. The number of nitrogens with zero attached hydrogens (tertiary/aromatic N) is 1. The fourth-order valence-electron chi connectivity index (χ4n) is 2.71. The normalized spacial score (nSPS) is 16.2. The lowest BCUT2D eigenvalue weighted by molar-refractivity contribution is 0.235. The van der Waals surface area contributed by atoms with Gasteiger partial charge >= 0.3 is 6.03 Å². The minimum atomic E-state index is -3.15. The summed E-state index contributed by atoms with van der Waals surface area (Å²) in [5.41, 5.74) is 1.02. The smallest absolute Gasteiger partial charge is 0.314 e. The third-order valence-corrected chi connectivity index (χ3v) is 5.86. The van der Waals surface area contributed by atoms with Crippen molar-refractivity contribution in [3.63, 3.8) is 0 Å². The van der Waals surface area contributed by atoms with Gasteiger partial charge in [-0.15, -0.1) is 0 Å². The summed E-state index contributed by atoms with van der Waals surface area (Å²) in [6.07, 6.45) is 1.76. The Labute approximate surface area is 138 Å². The van der Waals surface area contributed by atoms with Crippen LogP contribution in [0.15, 0.2) is 29.2 Å². The Kier molecular flexibility index (Phi) is 5.87. The van der Waals surface area contributed by atoms with Gasteiger partial charge in [-0.1, -0.05) is 6.92 Å². The van der Waals surface area contributed by atoms with Gasteiger partial charge in [-0.05, 0) is 44.0 Å². The Morgan fingerprint density at radius 1 is 1.17 bits per heavy atom. The van der Waals surface area contributed by atoms with Crippen LogP contribution in [0.4, 0.5) is 10.5 Å². The Morgan fingerprint density at radius 2 is 1.78 bits per heavy atom. The van der Waals surface area contributed by atoms with E-state index in [-0.39, 0.29) is 17.8 Å². The van der Waals surface area contributed by atoms with Gasteiger partial charge in [0.1, 0.15) is 0 Å². The highest BCUT2D eigenvalue weighted by Gasteiger charge is 2.21. The zero-order valence-electron chi connectivity index (χ0n) is 13.7. The maximum atomic E-state index is 11.8. The molecule has 1 aromatic carbocycles. The summed E-state index contributed by atoms with van der Waals surface area (Å²) in [7, 11) is -3.15. The topological polar surface area (TPSA) is 78.5 Å². The second kappa shape index (κ2) is 7.68. The van der Waals surface area contributed by atoms with E-state index in [4.69, 9.17) is 0 Å². The van der Waals surface area contributed by atoms with E-state index in [1.807, 2.05) is 19.1 Å². The van der Waals surface area contributed by atoms with Crippen LogP contribution in [-0.4, -0.2) is 45.9 Å². The molecule has 1 saturated heterocycles. The Balaban J connectivity index is 1.92. The van der Waals surface area contributed by atoms with Crippen LogP contribution in [0.5, 0.6) is 0 Å². The van der Waals surface area contributed by atoms with Crippen LogP contribution < -0.4 is 15.5 Å². The largest absolute Gasteiger partial charge is 0.371 e. The van der Waals surface area contributed by atoms with E-state index in [0.29, 0.717) is 11.4 Å². The van der Waals surface area contributed by atoms with Crippen LogP contribution >= 0.6 is 0 Å². The molecule has 1 fully saturated rings. The quantitative estimate of drug-likeness (QED) is 0.857. The molecule has 1 aliphatic rings. The lowest BCUT2D eigenvalue weighted by Crippen LogP contribution is -2.47. The second-order valence-electron chi connectivity index (χ2n) is 5.66. The molecule has 128 valence electrons. The van der Waals surface area contributed by atoms with Crippen molar-refractivity contribution in [1.29, 1.82) is 0 Å². The minimum Gasteiger partial charge on any atom is -0.371 e. The molecule has 0 aromatic heterocycles. The van der Waals surface area contributed by atoms with Gasteiger partial charge in [0.25, 0.3) is 0 Å². The lowest BCUT2D eigenvalue weighted by Gasteiger charge is -2.34. The third-order valence-electron chi connectivity index (χ3n) is 4.11. The molecule has 0 bridgehead atoms. The zero-order valence-corrected chi connectivity index (χ0v) is 14.5. The molecule has 0 saturated carbocycles. The lowest BCUT2D eigenvalue weighted by atomic mass is 10.0. The summed E-state index contributed by atoms with van der Waals surface area (Å²) in [5.74, 6) is 0.114.